The molecule has 0 amide bonds. The van der Waals surface area contributed by atoms with E-state index < -0.39 is 22.4 Å². The van der Waals surface area contributed by atoms with Crippen LogP contribution in [-0.4, -0.2) is 4.92 Å². The molecule has 0 aromatic heterocycles. The van der Waals surface area contributed by atoms with Gasteiger partial charge in [0.15, 0.2) is 0 Å². The number of aryl methyl sites for hydroxylation is 2. The van der Waals surface area contributed by atoms with E-state index in [4.69, 9.17) is 4.74 Å². The van der Waals surface area contributed by atoms with Crippen molar-refractivity contribution >= 4 is 11.4 Å². The Kier molecular flexibility index (Phi) is 5.96. The highest BCUT2D eigenvalue weighted by Gasteiger charge is 2.33. The molecule has 156 valence electrons. The molecule has 3 rings (SSSR count). The Labute approximate surface area is 171 Å². The number of halogens is 3. The van der Waals surface area contributed by atoms with Gasteiger partial charge in [-0.25, -0.2) is 0 Å². The van der Waals surface area contributed by atoms with Gasteiger partial charge >= 0.3 is 11.9 Å². The fourth-order valence-electron chi connectivity index (χ4n) is 2.93. The molecule has 0 radical (unpaired) electrons. The molecule has 3 aromatic rings. The van der Waals surface area contributed by atoms with Crippen molar-refractivity contribution in [1.29, 1.82) is 0 Å². The number of nitrogens with zero attached hydrogens (tertiary/aromatic N) is 1. The number of anilines is 1. The highest BCUT2D eigenvalue weighted by molar-refractivity contribution is 5.53. The fourth-order valence-corrected chi connectivity index (χ4v) is 2.93. The predicted molar refractivity (Wildman–Crippen MR) is 108 cm³/mol. The zero-order valence-corrected chi connectivity index (χ0v) is 16.3. The van der Waals surface area contributed by atoms with Crippen LogP contribution in [0.15, 0.2) is 60.7 Å². The number of nitrogens with one attached hydrogen (secondary N) is 1. The standard InChI is InChI=1S/C22H19F3N2O3/c1-14-3-9-19(15(2)11-14)26-13-16-4-7-18(8-5-16)30-21-10-6-17(22(23,24)25)12-20(21)27(28)29/h3-12,26H,13H2,1-2H3. The second kappa shape index (κ2) is 8.44. The van der Waals surface area contributed by atoms with Gasteiger partial charge < -0.3 is 10.1 Å². The van der Waals surface area contributed by atoms with Crippen molar-refractivity contribution in [3.05, 3.63) is 93.0 Å². The molecule has 0 aliphatic heterocycles. The first-order valence-electron chi connectivity index (χ1n) is 9.07. The molecule has 0 saturated heterocycles. The monoisotopic (exact) mass is 416 g/mol. The van der Waals surface area contributed by atoms with Crippen molar-refractivity contribution in [1.82, 2.24) is 0 Å². The number of alkyl halides is 3. The number of nitro groups is 1. The lowest BCUT2D eigenvalue weighted by Gasteiger charge is -2.12. The van der Waals surface area contributed by atoms with Gasteiger partial charge in [-0.3, -0.25) is 10.1 Å². The molecule has 3 aromatic carbocycles. The largest absolute Gasteiger partial charge is 0.450 e. The molecule has 0 bridgehead atoms. The number of rotatable bonds is 6. The van der Waals surface area contributed by atoms with E-state index in [1.165, 1.54) is 5.56 Å². The minimum Gasteiger partial charge on any atom is -0.450 e. The summed E-state index contributed by atoms with van der Waals surface area (Å²) in [5.41, 5.74) is 2.42. The molecular weight excluding hydrogens is 397 g/mol. The van der Waals surface area contributed by atoms with E-state index in [2.05, 4.69) is 11.4 Å². The molecule has 8 heteroatoms. The highest BCUT2D eigenvalue weighted by Crippen LogP contribution is 2.37. The van der Waals surface area contributed by atoms with Gasteiger partial charge in [0.1, 0.15) is 5.75 Å². The fraction of sp³-hybridized carbons (Fsp3) is 0.182. The normalized spacial score (nSPS) is 11.2. The van der Waals surface area contributed by atoms with Crippen LogP contribution < -0.4 is 10.1 Å². The van der Waals surface area contributed by atoms with Gasteiger partial charge in [0.2, 0.25) is 5.75 Å². The van der Waals surface area contributed by atoms with Gasteiger partial charge in [-0.15, -0.1) is 0 Å². The van der Waals surface area contributed by atoms with Crippen LogP contribution in [0, 0.1) is 24.0 Å². The lowest BCUT2D eigenvalue weighted by molar-refractivity contribution is -0.385. The van der Waals surface area contributed by atoms with Crippen molar-refractivity contribution < 1.29 is 22.8 Å². The third-order valence-electron chi connectivity index (χ3n) is 4.50. The summed E-state index contributed by atoms with van der Waals surface area (Å²) < 4.78 is 43.9. The van der Waals surface area contributed by atoms with E-state index in [-0.39, 0.29) is 11.5 Å². The summed E-state index contributed by atoms with van der Waals surface area (Å²) in [5.74, 6) is 0.0299. The predicted octanol–water partition coefficient (Wildman–Crippen LogP) is 6.63. The molecule has 0 saturated carbocycles. The van der Waals surface area contributed by atoms with Crippen LogP contribution in [0.25, 0.3) is 0 Å². The molecule has 1 N–H and O–H groups in total. The maximum Gasteiger partial charge on any atom is 0.416 e. The average Bonchev–Trinajstić information content (AvgIpc) is 2.68. The summed E-state index contributed by atoms with van der Waals surface area (Å²) in [4.78, 5) is 10.3. The molecule has 0 aliphatic carbocycles. The van der Waals surface area contributed by atoms with Crippen LogP contribution in [-0.2, 0) is 12.7 Å². The van der Waals surface area contributed by atoms with Crippen LogP contribution in [0.1, 0.15) is 22.3 Å². The van der Waals surface area contributed by atoms with Crippen LogP contribution in [0.5, 0.6) is 11.5 Å². The second-order valence-electron chi connectivity index (χ2n) is 6.86. The Hall–Kier alpha value is -3.55. The van der Waals surface area contributed by atoms with E-state index in [1.807, 2.05) is 26.0 Å². The second-order valence-corrected chi connectivity index (χ2v) is 6.86. The van der Waals surface area contributed by atoms with Gasteiger partial charge in [-0.05, 0) is 55.3 Å². The molecule has 0 heterocycles. The Morgan fingerprint density at radius 1 is 1.00 bits per heavy atom. The lowest BCUT2D eigenvalue weighted by Crippen LogP contribution is -2.06. The summed E-state index contributed by atoms with van der Waals surface area (Å²) in [6, 6.07) is 15.1. The Balaban J connectivity index is 1.72. The molecule has 30 heavy (non-hydrogen) atoms. The maximum absolute atomic E-state index is 12.8. The van der Waals surface area contributed by atoms with Crippen LogP contribution in [0.3, 0.4) is 0 Å². The SMILES string of the molecule is Cc1ccc(NCc2ccc(Oc3ccc(C(F)(F)F)cc3[N+](=O)[O-])cc2)c(C)c1. The van der Waals surface area contributed by atoms with Crippen LogP contribution in [0.4, 0.5) is 24.5 Å². The number of nitro benzene ring substituents is 1. The molecular formula is C22H19F3N2O3. The van der Waals surface area contributed by atoms with Gasteiger partial charge in [-0.1, -0.05) is 29.8 Å². The Morgan fingerprint density at radius 3 is 2.30 bits per heavy atom. The smallest absolute Gasteiger partial charge is 0.416 e. The highest BCUT2D eigenvalue weighted by atomic mass is 19.4. The summed E-state index contributed by atoms with van der Waals surface area (Å²) in [7, 11) is 0. The molecule has 5 nitrogen and oxygen atoms in total. The number of ether oxygens (including phenoxy) is 1. The number of hydrogen-bond donors (Lipinski definition) is 1. The van der Waals surface area contributed by atoms with Gasteiger partial charge in [0.05, 0.1) is 10.5 Å². The number of hydrogen-bond acceptors (Lipinski definition) is 4. The molecule has 0 spiro atoms. The molecule has 0 fully saturated rings. The molecule has 0 aliphatic rings. The lowest BCUT2D eigenvalue weighted by atomic mass is 10.1. The minimum absolute atomic E-state index is 0.255. The first-order valence-corrected chi connectivity index (χ1v) is 9.07. The minimum atomic E-state index is -4.67. The van der Waals surface area contributed by atoms with E-state index in [0.717, 1.165) is 28.9 Å². The zero-order valence-electron chi connectivity index (χ0n) is 16.3. The van der Waals surface area contributed by atoms with Gasteiger partial charge in [0.25, 0.3) is 0 Å². The quantitative estimate of drug-likeness (QED) is 0.362. The van der Waals surface area contributed by atoms with E-state index >= 15 is 0 Å². The summed E-state index contributed by atoms with van der Waals surface area (Å²) in [6.07, 6.45) is -4.67. The van der Waals surface area contributed by atoms with E-state index in [9.17, 15) is 23.3 Å². The van der Waals surface area contributed by atoms with Gasteiger partial charge in [-0.2, -0.15) is 13.2 Å². The third kappa shape index (κ3) is 5.08. The Morgan fingerprint density at radius 2 is 1.70 bits per heavy atom. The van der Waals surface area contributed by atoms with E-state index in [1.54, 1.807) is 24.3 Å². The van der Waals surface area contributed by atoms with E-state index in [0.29, 0.717) is 12.6 Å². The summed E-state index contributed by atoms with van der Waals surface area (Å²) in [6.45, 7) is 4.60. The van der Waals surface area contributed by atoms with Crippen molar-refractivity contribution in [3.8, 4) is 11.5 Å². The third-order valence-corrected chi connectivity index (χ3v) is 4.50. The maximum atomic E-state index is 12.8. The van der Waals surface area contributed by atoms with Crippen molar-refractivity contribution in [2.75, 3.05) is 5.32 Å². The average molecular weight is 416 g/mol. The zero-order chi connectivity index (χ0) is 21.9. The van der Waals surface area contributed by atoms with Crippen molar-refractivity contribution in [2.24, 2.45) is 0 Å². The first kappa shape index (κ1) is 21.2. The summed E-state index contributed by atoms with van der Waals surface area (Å²) >= 11 is 0. The Bertz CT molecular complexity index is 1060. The van der Waals surface area contributed by atoms with Crippen molar-refractivity contribution in [2.45, 2.75) is 26.6 Å². The first-order chi connectivity index (χ1) is 14.1. The van der Waals surface area contributed by atoms with Crippen LogP contribution >= 0.6 is 0 Å². The molecule has 0 atom stereocenters. The van der Waals surface area contributed by atoms with Gasteiger partial charge in [0, 0.05) is 18.3 Å². The molecule has 0 unspecified atom stereocenters. The number of benzene rings is 3. The topological polar surface area (TPSA) is 64.4 Å². The van der Waals surface area contributed by atoms with Crippen LogP contribution in [0.2, 0.25) is 0 Å². The van der Waals surface area contributed by atoms with Crippen molar-refractivity contribution in [3.63, 3.8) is 0 Å². The summed E-state index contributed by atoms with van der Waals surface area (Å²) in [5, 5.41) is 14.5.